The van der Waals surface area contributed by atoms with Crippen LogP contribution in [0.3, 0.4) is 0 Å². The molecule has 0 radical (unpaired) electrons. The summed E-state index contributed by atoms with van der Waals surface area (Å²) in [6.07, 6.45) is 4.58. The minimum atomic E-state index is -0.0539. The summed E-state index contributed by atoms with van der Waals surface area (Å²) in [5.74, 6) is 0.981. The van der Waals surface area contributed by atoms with Gasteiger partial charge >= 0.3 is 0 Å². The molecule has 0 aliphatic carbocycles. The second-order valence-corrected chi connectivity index (χ2v) is 8.42. The van der Waals surface area contributed by atoms with Crippen molar-refractivity contribution in [1.82, 2.24) is 24.6 Å². The Bertz CT molecular complexity index is 1090. The first-order valence-electron chi connectivity index (χ1n) is 10.8. The van der Waals surface area contributed by atoms with Crippen LogP contribution in [0.15, 0.2) is 30.5 Å². The zero-order valence-electron chi connectivity index (χ0n) is 17.9. The van der Waals surface area contributed by atoms with Crippen LogP contribution < -0.4 is 4.74 Å². The largest absolute Gasteiger partial charge is 0.497 e. The van der Waals surface area contributed by atoms with Crippen LogP contribution in [-0.2, 0) is 18.5 Å². The molecule has 1 N–H and O–H groups in total. The van der Waals surface area contributed by atoms with Crippen molar-refractivity contribution in [2.45, 2.75) is 38.3 Å². The fourth-order valence-electron chi connectivity index (χ4n) is 5.33. The number of carbonyl (C=O) groups excluding carboxylic acids is 1. The van der Waals surface area contributed by atoms with Gasteiger partial charge in [0.1, 0.15) is 11.4 Å². The van der Waals surface area contributed by atoms with Crippen molar-refractivity contribution in [2.75, 3.05) is 33.8 Å². The number of ether oxygens (including phenoxy) is 1. The molecule has 5 rings (SSSR count). The molecule has 0 unspecified atom stereocenters. The van der Waals surface area contributed by atoms with Gasteiger partial charge in [-0.25, -0.2) is 0 Å². The molecule has 0 saturated carbocycles. The first kappa shape index (κ1) is 19.2. The number of nitrogens with zero attached hydrogens (tertiary/aromatic N) is 4. The Kier molecular flexibility index (Phi) is 4.58. The lowest BCUT2D eigenvalue weighted by Crippen LogP contribution is -2.55. The summed E-state index contributed by atoms with van der Waals surface area (Å²) in [5.41, 5.74) is 4.53. The van der Waals surface area contributed by atoms with E-state index in [-0.39, 0.29) is 11.4 Å². The Labute approximate surface area is 176 Å². The van der Waals surface area contributed by atoms with Crippen LogP contribution in [0.25, 0.3) is 10.9 Å². The fourth-order valence-corrected chi connectivity index (χ4v) is 5.33. The standard InChI is InChI=1S/C23H29N5O2/c1-4-28-20(7-11-24-28)22(29)27-13-9-23(10-14-27)21-17(8-12-26(23)2)18-15-16(30-3)5-6-19(18)25-21/h5-7,11,15,25H,4,8-10,12-14H2,1-3H3. The molecule has 2 aromatic heterocycles. The molecule has 1 fully saturated rings. The molecule has 1 amide bonds. The van der Waals surface area contributed by atoms with Crippen LogP contribution in [0.5, 0.6) is 5.75 Å². The van der Waals surface area contributed by atoms with Crippen LogP contribution in [0.2, 0.25) is 0 Å². The summed E-state index contributed by atoms with van der Waals surface area (Å²) >= 11 is 0. The molecule has 2 aliphatic rings. The molecule has 1 aromatic carbocycles. The number of aromatic nitrogens is 3. The Morgan fingerprint density at radius 1 is 1.23 bits per heavy atom. The van der Waals surface area contributed by atoms with Crippen LogP contribution in [-0.4, -0.2) is 64.3 Å². The van der Waals surface area contributed by atoms with Gasteiger partial charge in [0.25, 0.3) is 5.91 Å². The molecule has 7 heteroatoms. The zero-order chi connectivity index (χ0) is 20.9. The van der Waals surface area contributed by atoms with Crippen LogP contribution in [0, 0.1) is 0 Å². The monoisotopic (exact) mass is 407 g/mol. The quantitative estimate of drug-likeness (QED) is 0.725. The lowest BCUT2D eigenvalue weighted by molar-refractivity contribution is 0.0226. The van der Waals surface area contributed by atoms with E-state index < -0.39 is 0 Å². The zero-order valence-corrected chi connectivity index (χ0v) is 17.9. The third-order valence-electron chi connectivity index (χ3n) is 7.12. The van der Waals surface area contributed by atoms with E-state index in [1.807, 2.05) is 24.0 Å². The number of aromatic amines is 1. The average molecular weight is 408 g/mol. The van der Waals surface area contributed by atoms with E-state index in [9.17, 15) is 4.79 Å². The lowest BCUT2D eigenvalue weighted by Gasteiger charge is -2.49. The number of piperidine rings is 1. The lowest BCUT2D eigenvalue weighted by atomic mass is 9.78. The number of nitrogens with one attached hydrogen (secondary N) is 1. The van der Waals surface area contributed by atoms with Gasteiger partial charge in [-0.2, -0.15) is 5.10 Å². The Morgan fingerprint density at radius 2 is 2.03 bits per heavy atom. The second-order valence-electron chi connectivity index (χ2n) is 8.42. The summed E-state index contributed by atoms with van der Waals surface area (Å²) in [7, 11) is 3.94. The first-order valence-corrected chi connectivity index (χ1v) is 10.8. The number of methoxy groups -OCH3 is 1. The maximum atomic E-state index is 13.1. The molecule has 1 spiro atoms. The summed E-state index contributed by atoms with van der Waals surface area (Å²) in [6, 6.07) is 8.10. The Hall–Kier alpha value is -2.80. The van der Waals surface area contributed by atoms with Gasteiger partial charge in [0.2, 0.25) is 0 Å². The molecule has 2 aliphatic heterocycles. The SMILES string of the molecule is CCn1nccc1C(=O)N1CCC2(CC1)c1[nH]c3ccc(OC)cc3c1CCN2C. The van der Waals surface area contributed by atoms with Gasteiger partial charge in [-0.15, -0.1) is 0 Å². The third kappa shape index (κ3) is 2.75. The minimum Gasteiger partial charge on any atom is -0.497 e. The molecular formula is C23H29N5O2. The highest BCUT2D eigenvalue weighted by Gasteiger charge is 2.45. The molecule has 0 bridgehead atoms. The smallest absolute Gasteiger partial charge is 0.272 e. The summed E-state index contributed by atoms with van der Waals surface area (Å²) in [6.45, 7) is 5.23. The topological polar surface area (TPSA) is 66.4 Å². The number of likely N-dealkylation sites (N-methyl/N-ethyl adjacent to an activating group) is 1. The predicted octanol–water partition coefficient (Wildman–Crippen LogP) is 3.01. The third-order valence-corrected chi connectivity index (χ3v) is 7.12. The van der Waals surface area contributed by atoms with Crippen LogP contribution in [0.1, 0.15) is 41.5 Å². The number of amides is 1. The normalized spacial score (nSPS) is 18.7. The summed E-state index contributed by atoms with van der Waals surface area (Å²) in [5, 5.41) is 5.53. The van der Waals surface area contributed by atoms with E-state index in [2.05, 4.69) is 34.2 Å². The van der Waals surface area contributed by atoms with Gasteiger partial charge in [0.15, 0.2) is 0 Å². The molecule has 30 heavy (non-hydrogen) atoms. The van der Waals surface area contributed by atoms with Crippen molar-refractivity contribution < 1.29 is 9.53 Å². The molecule has 0 atom stereocenters. The van der Waals surface area contributed by atoms with Crippen molar-refractivity contribution in [2.24, 2.45) is 0 Å². The molecule has 7 nitrogen and oxygen atoms in total. The van der Waals surface area contributed by atoms with Crippen molar-refractivity contribution >= 4 is 16.8 Å². The number of hydrogen-bond donors (Lipinski definition) is 1. The second kappa shape index (κ2) is 7.16. The van der Waals surface area contributed by atoms with Gasteiger partial charge in [-0.3, -0.25) is 14.4 Å². The molecule has 1 saturated heterocycles. The fraction of sp³-hybridized carbons (Fsp3) is 0.478. The van der Waals surface area contributed by atoms with Crippen molar-refractivity contribution in [3.05, 3.63) is 47.4 Å². The van der Waals surface area contributed by atoms with Gasteiger partial charge in [-0.05, 0) is 63.1 Å². The molecule has 4 heterocycles. The first-order chi connectivity index (χ1) is 14.6. The van der Waals surface area contributed by atoms with Crippen molar-refractivity contribution in [3.63, 3.8) is 0 Å². The highest BCUT2D eigenvalue weighted by molar-refractivity contribution is 5.92. The Morgan fingerprint density at radius 3 is 2.77 bits per heavy atom. The number of fused-ring (bicyclic) bond motifs is 4. The maximum absolute atomic E-state index is 13.1. The van der Waals surface area contributed by atoms with E-state index in [4.69, 9.17) is 4.74 Å². The van der Waals surface area contributed by atoms with E-state index >= 15 is 0 Å². The number of H-pyrrole nitrogens is 1. The number of carbonyl (C=O) groups is 1. The molecular weight excluding hydrogens is 378 g/mol. The van der Waals surface area contributed by atoms with E-state index in [1.165, 1.54) is 22.2 Å². The van der Waals surface area contributed by atoms with E-state index in [0.29, 0.717) is 12.2 Å². The average Bonchev–Trinajstić information content (AvgIpc) is 3.41. The van der Waals surface area contributed by atoms with E-state index in [0.717, 1.165) is 44.6 Å². The minimum absolute atomic E-state index is 0.0539. The molecule has 3 aromatic rings. The molecule has 158 valence electrons. The van der Waals surface area contributed by atoms with Gasteiger partial charge in [0, 0.05) is 49.0 Å². The van der Waals surface area contributed by atoms with E-state index in [1.54, 1.807) is 18.0 Å². The number of likely N-dealkylation sites (tertiary alicyclic amines) is 1. The highest BCUT2D eigenvalue weighted by Crippen LogP contribution is 2.45. The number of hydrogen-bond acceptors (Lipinski definition) is 4. The van der Waals surface area contributed by atoms with Gasteiger partial charge < -0.3 is 14.6 Å². The van der Waals surface area contributed by atoms with Crippen LogP contribution in [0.4, 0.5) is 0 Å². The number of benzene rings is 1. The van der Waals surface area contributed by atoms with Crippen LogP contribution >= 0.6 is 0 Å². The summed E-state index contributed by atoms with van der Waals surface area (Å²) in [4.78, 5) is 21.3. The predicted molar refractivity (Wildman–Crippen MR) is 116 cm³/mol. The number of aryl methyl sites for hydroxylation is 1. The van der Waals surface area contributed by atoms with Crippen molar-refractivity contribution in [1.29, 1.82) is 0 Å². The summed E-state index contributed by atoms with van der Waals surface area (Å²) < 4.78 is 7.24. The Balaban J connectivity index is 1.46. The van der Waals surface area contributed by atoms with Gasteiger partial charge in [0.05, 0.1) is 12.6 Å². The van der Waals surface area contributed by atoms with Gasteiger partial charge in [-0.1, -0.05) is 0 Å². The highest BCUT2D eigenvalue weighted by atomic mass is 16.5. The maximum Gasteiger partial charge on any atom is 0.272 e. The van der Waals surface area contributed by atoms with Crippen molar-refractivity contribution in [3.8, 4) is 5.75 Å². The number of rotatable bonds is 3.